The van der Waals surface area contributed by atoms with Crippen molar-refractivity contribution in [2.75, 3.05) is 7.11 Å². The van der Waals surface area contributed by atoms with Gasteiger partial charge in [-0.05, 0) is 17.7 Å². The van der Waals surface area contributed by atoms with Crippen LogP contribution in [0, 0.1) is 0 Å². The van der Waals surface area contributed by atoms with Crippen molar-refractivity contribution >= 4 is 11.9 Å². The summed E-state index contributed by atoms with van der Waals surface area (Å²) in [6.07, 6.45) is -0.100. The normalized spacial score (nSPS) is 9.62. The zero-order valence-electron chi connectivity index (χ0n) is 9.02. The SMILES string of the molecule is COc1cc(CC(=O)O)ccc1OC(C)=O. The van der Waals surface area contributed by atoms with Crippen LogP contribution in [-0.4, -0.2) is 24.2 Å². The van der Waals surface area contributed by atoms with Gasteiger partial charge in [-0.2, -0.15) is 0 Å². The molecule has 0 spiro atoms. The van der Waals surface area contributed by atoms with Crippen molar-refractivity contribution in [3.8, 4) is 11.5 Å². The van der Waals surface area contributed by atoms with E-state index in [1.54, 1.807) is 6.07 Å². The number of carboxylic acids is 1. The number of ether oxygens (including phenoxy) is 2. The molecule has 1 N–H and O–H groups in total. The highest BCUT2D eigenvalue weighted by molar-refractivity contribution is 5.72. The molecule has 0 saturated heterocycles. The molecule has 0 aliphatic rings. The lowest BCUT2D eigenvalue weighted by Gasteiger charge is -2.08. The fourth-order valence-electron chi connectivity index (χ4n) is 1.24. The summed E-state index contributed by atoms with van der Waals surface area (Å²) >= 11 is 0. The van der Waals surface area contributed by atoms with Crippen LogP contribution in [-0.2, 0) is 16.0 Å². The third-order valence-corrected chi connectivity index (χ3v) is 1.84. The summed E-state index contributed by atoms with van der Waals surface area (Å²) in [6, 6.07) is 4.62. The predicted octanol–water partition coefficient (Wildman–Crippen LogP) is 1.25. The molecule has 1 aromatic rings. The van der Waals surface area contributed by atoms with Crippen molar-refractivity contribution < 1.29 is 24.2 Å². The third-order valence-electron chi connectivity index (χ3n) is 1.84. The molecule has 86 valence electrons. The van der Waals surface area contributed by atoms with Gasteiger partial charge in [0.05, 0.1) is 13.5 Å². The van der Waals surface area contributed by atoms with Gasteiger partial charge in [-0.15, -0.1) is 0 Å². The van der Waals surface area contributed by atoms with E-state index in [1.807, 2.05) is 0 Å². The highest BCUT2D eigenvalue weighted by Crippen LogP contribution is 2.28. The number of esters is 1. The predicted molar refractivity (Wildman–Crippen MR) is 55.6 cm³/mol. The first-order valence-corrected chi connectivity index (χ1v) is 4.60. The van der Waals surface area contributed by atoms with Crippen molar-refractivity contribution in [3.63, 3.8) is 0 Å². The minimum atomic E-state index is -0.928. The molecule has 5 heteroatoms. The van der Waals surface area contributed by atoms with Gasteiger partial charge in [0, 0.05) is 6.92 Å². The minimum Gasteiger partial charge on any atom is -0.493 e. The van der Waals surface area contributed by atoms with E-state index in [0.717, 1.165) is 0 Å². The first kappa shape index (κ1) is 12.0. The Balaban J connectivity index is 2.96. The molecule has 0 radical (unpaired) electrons. The van der Waals surface area contributed by atoms with Crippen LogP contribution >= 0.6 is 0 Å². The lowest BCUT2D eigenvalue weighted by Crippen LogP contribution is -2.04. The van der Waals surface area contributed by atoms with Crippen LogP contribution in [0.4, 0.5) is 0 Å². The summed E-state index contributed by atoms with van der Waals surface area (Å²) in [4.78, 5) is 21.3. The average molecular weight is 224 g/mol. The van der Waals surface area contributed by atoms with Gasteiger partial charge in [0.15, 0.2) is 11.5 Å². The van der Waals surface area contributed by atoms with Gasteiger partial charge in [-0.3, -0.25) is 9.59 Å². The van der Waals surface area contributed by atoms with E-state index >= 15 is 0 Å². The zero-order valence-corrected chi connectivity index (χ0v) is 9.02. The largest absolute Gasteiger partial charge is 0.493 e. The number of rotatable bonds is 4. The average Bonchev–Trinajstić information content (AvgIpc) is 2.18. The maximum absolute atomic E-state index is 10.8. The topological polar surface area (TPSA) is 72.8 Å². The molecule has 0 unspecified atom stereocenters. The maximum Gasteiger partial charge on any atom is 0.308 e. The van der Waals surface area contributed by atoms with Crippen molar-refractivity contribution in [3.05, 3.63) is 23.8 Å². The standard InChI is InChI=1S/C11H12O5/c1-7(12)16-9-4-3-8(6-11(13)14)5-10(9)15-2/h3-5H,6H2,1-2H3,(H,13,14). The third kappa shape index (κ3) is 3.27. The summed E-state index contributed by atoms with van der Waals surface area (Å²) in [5, 5.41) is 8.62. The maximum atomic E-state index is 10.8. The highest BCUT2D eigenvalue weighted by atomic mass is 16.6. The summed E-state index contributed by atoms with van der Waals surface area (Å²) < 4.78 is 9.88. The van der Waals surface area contributed by atoms with Crippen LogP contribution < -0.4 is 9.47 Å². The van der Waals surface area contributed by atoms with Crippen molar-refractivity contribution in [2.45, 2.75) is 13.3 Å². The molecule has 0 heterocycles. The van der Waals surface area contributed by atoms with Crippen LogP contribution in [0.15, 0.2) is 18.2 Å². The molecular weight excluding hydrogens is 212 g/mol. The molecular formula is C11H12O5. The molecule has 0 aliphatic carbocycles. The molecule has 0 aliphatic heterocycles. The molecule has 1 rings (SSSR count). The number of benzene rings is 1. The molecule has 16 heavy (non-hydrogen) atoms. The van der Waals surface area contributed by atoms with Gasteiger partial charge in [-0.1, -0.05) is 6.07 Å². The van der Waals surface area contributed by atoms with Crippen LogP contribution in [0.5, 0.6) is 11.5 Å². The van der Waals surface area contributed by atoms with E-state index < -0.39 is 11.9 Å². The number of carboxylic acid groups (broad SMARTS) is 1. The first-order valence-electron chi connectivity index (χ1n) is 4.60. The summed E-state index contributed by atoms with van der Waals surface area (Å²) in [6.45, 7) is 1.28. The molecule has 0 atom stereocenters. The van der Waals surface area contributed by atoms with Gasteiger partial charge < -0.3 is 14.6 Å². The van der Waals surface area contributed by atoms with Crippen molar-refractivity contribution in [1.29, 1.82) is 0 Å². The molecule has 0 saturated carbocycles. The monoisotopic (exact) mass is 224 g/mol. The lowest BCUT2D eigenvalue weighted by molar-refractivity contribution is -0.136. The van der Waals surface area contributed by atoms with E-state index in [9.17, 15) is 9.59 Å². The fraction of sp³-hybridized carbons (Fsp3) is 0.273. The summed E-state index contributed by atoms with van der Waals surface area (Å²) in [7, 11) is 1.42. The van der Waals surface area contributed by atoms with Crippen LogP contribution in [0.3, 0.4) is 0 Å². The van der Waals surface area contributed by atoms with E-state index in [2.05, 4.69) is 0 Å². The molecule has 0 aromatic heterocycles. The Kier molecular flexibility index (Phi) is 3.88. The summed E-state index contributed by atoms with van der Waals surface area (Å²) in [5.41, 5.74) is 0.584. The van der Waals surface area contributed by atoms with Gasteiger partial charge in [0.2, 0.25) is 0 Å². The fourth-order valence-corrected chi connectivity index (χ4v) is 1.24. The lowest BCUT2D eigenvalue weighted by atomic mass is 10.1. The molecule has 0 amide bonds. The number of hydrogen-bond acceptors (Lipinski definition) is 4. The molecule has 5 nitrogen and oxygen atoms in total. The number of methoxy groups -OCH3 is 1. The second kappa shape index (κ2) is 5.16. The van der Waals surface area contributed by atoms with Crippen molar-refractivity contribution in [2.24, 2.45) is 0 Å². The van der Waals surface area contributed by atoms with Gasteiger partial charge >= 0.3 is 11.9 Å². The van der Waals surface area contributed by atoms with Crippen LogP contribution in [0.1, 0.15) is 12.5 Å². The molecule has 0 bridgehead atoms. The van der Waals surface area contributed by atoms with Crippen LogP contribution in [0.25, 0.3) is 0 Å². The van der Waals surface area contributed by atoms with Crippen molar-refractivity contribution in [1.82, 2.24) is 0 Å². The van der Waals surface area contributed by atoms with Crippen LogP contribution in [0.2, 0.25) is 0 Å². The first-order chi connectivity index (χ1) is 7.52. The van der Waals surface area contributed by atoms with Gasteiger partial charge in [0.1, 0.15) is 0 Å². The van der Waals surface area contributed by atoms with E-state index in [-0.39, 0.29) is 12.2 Å². The Hall–Kier alpha value is -2.04. The Bertz CT molecular complexity index is 411. The van der Waals surface area contributed by atoms with Gasteiger partial charge in [-0.25, -0.2) is 0 Å². The number of carbonyl (C=O) groups is 2. The van der Waals surface area contributed by atoms with E-state index in [1.165, 1.54) is 26.2 Å². The van der Waals surface area contributed by atoms with E-state index in [0.29, 0.717) is 11.3 Å². The van der Waals surface area contributed by atoms with Gasteiger partial charge in [0.25, 0.3) is 0 Å². The number of carbonyl (C=O) groups excluding carboxylic acids is 1. The molecule has 1 aromatic carbocycles. The summed E-state index contributed by atoms with van der Waals surface area (Å²) in [5.74, 6) is -0.760. The molecule has 0 fully saturated rings. The Morgan fingerprint density at radius 1 is 1.31 bits per heavy atom. The smallest absolute Gasteiger partial charge is 0.308 e. The quantitative estimate of drug-likeness (QED) is 0.615. The zero-order chi connectivity index (χ0) is 12.1. The Morgan fingerprint density at radius 2 is 2.00 bits per heavy atom. The number of aliphatic carboxylic acids is 1. The Morgan fingerprint density at radius 3 is 2.50 bits per heavy atom. The number of hydrogen-bond donors (Lipinski definition) is 1. The second-order valence-electron chi connectivity index (χ2n) is 3.15. The highest BCUT2D eigenvalue weighted by Gasteiger charge is 2.09. The second-order valence-corrected chi connectivity index (χ2v) is 3.15. The van der Waals surface area contributed by atoms with E-state index in [4.69, 9.17) is 14.6 Å². The minimum absolute atomic E-state index is 0.100. The Labute approximate surface area is 92.6 Å².